The summed E-state index contributed by atoms with van der Waals surface area (Å²) in [5.74, 6) is 1.52. The van der Waals surface area contributed by atoms with Gasteiger partial charge in [0, 0.05) is 11.8 Å². The van der Waals surface area contributed by atoms with Crippen molar-refractivity contribution in [2.45, 2.75) is 51.8 Å². The molecule has 0 heterocycles. The maximum Gasteiger partial charge on any atom is 0.279 e. The molecule has 114 valence electrons. The van der Waals surface area contributed by atoms with Crippen molar-refractivity contribution in [1.82, 2.24) is 5.32 Å². The van der Waals surface area contributed by atoms with Crippen LogP contribution in [0.3, 0.4) is 0 Å². The molecule has 0 aliphatic heterocycles. The van der Waals surface area contributed by atoms with Crippen LogP contribution in [0.25, 0.3) is 0 Å². The van der Waals surface area contributed by atoms with E-state index in [-0.39, 0.29) is 10.7 Å². The number of amides is 1. The van der Waals surface area contributed by atoms with Gasteiger partial charge in [0.1, 0.15) is 0 Å². The molecule has 1 amide bonds. The Morgan fingerprint density at radius 3 is 2.57 bits per heavy atom. The molecule has 0 aromatic heterocycles. The third kappa shape index (κ3) is 2.50. The van der Waals surface area contributed by atoms with Gasteiger partial charge in [-0.2, -0.15) is 0 Å². The summed E-state index contributed by atoms with van der Waals surface area (Å²) in [5, 5.41) is 3.43. The third-order valence-corrected chi connectivity index (χ3v) is 7.16. The van der Waals surface area contributed by atoms with Crippen molar-refractivity contribution in [3.8, 4) is 0 Å². The first-order valence-corrected chi connectivity index (χ1v) is 8.89. The zero-order valence-corrected chi connectivity index (χ0v) is 14.0. The molecule has 1 aromatic carbocycles. The monoisotopic (exact) mass is 303 g/mol. The smallest absolute Gasteiger partial charge is 0.279 e. The predicted octanol–water partition coefficient (Wildman–Crippen LogP) is 4.84. The van der Waals surface area contributed by atoms with Gasteiger partial charge in [0.15, 0.2) is 0 Å². The summed E-state index contributed by atoms with van der Waals surface area (Å²) >= 11 is 1.39. The molecule has 1 N–H and O–H groups in total. The Bertz CT molecular complexity index is 527. The molecular weight excluding hydrogens is 278 g/mol. The van der Waals surface area contributed by atoms with Crippen molar-refractivity contribution >= 4 is 17.0 Å². The van der Waals surface area contributed by atoms with Gasteiger partial charge in [-0.25, -0.2) is 0 Å². The van der Waals surface area contributed by atoms with Crippen molar-refractivity contribution in [3.05, 3.63) is 35.9 Å². The molecule has 3 atom stereocenters. The summed E-state index contributed by atoms with van der Waals surface area (Å²) in [4.78, 5) is 12.3. The molecule has 0 saturated heterocycles. The topological polar surface area (TPSA) is 29.1 Å². The SMILES string of the molecule is CC1(C)C2CCC1(C)C(NC(=O)SCc1ccccc1)C2. The highest BCUT2D eigenvalue weighted by Gasteiger charge is 2.61. The number of benzene rings is 1. The van der Waals surface area contributed by atoms with Crippen LogP contribution >= 0.6 is 11.8 Å². The lowest BCUT2D eigenvalue weighted by molar-refractivity contribution is 0.126. The zero-order chi connectivity index (χ0) is 15.1. The standard InChI is InChI=1S/C18H25NOS/c1-17(2)14-9-10-18(17,3)15(11-14)19-16(20)21-12-13-7-5-4-6-8-13/h4-8,14-15H,9-12H2,1-3H3,(H,19,20). The number of hydrogen-bond donors (Lipinski definition) is 1. The van der Waals surface area contributed by atoms with Gasteiger partial charge in [0.05, 0.1) is 0 Å². The fraction of sp³-hybridized carbons (Fsp3) is 0.611. The number of carbonyl (C=O) groups excluding carboxylic acids is 1. The second-order valence-electron chi connectivity index (χ2n) is 7.37. The molecule has 1 aromatic rings. The number of rotatable bonds is 3. The Morgan fingerprint density at radius 2 is 2.00 bits per heavy atom. The fourth-order valence-electron chi connectivity index (χ4n) is 4.33. The minimum Gasteiger partial charge on any atom is -0.344 e. The van der Waals surface area contributed by atoms with Crippen LogP contribution in [-0.2, 0) is 5.75 Å². The fourth-order valence-corrected chi connectivity index (χ4v) is 5.04. The molecule has 3 rings (SSSR count). The summed E-state index contributed by atoms with van der Waals surface area (Å²) in [6, 6.07) is 10.5. The van der Waals surface area contributed by atoms with E-state index < -0.39 is 0 Å². The lowest BCUT2D eigenvalue weighted by atomic mass is 9.69. The average Bonchev–Trinajstić information content (AvgIpc) is 2.79. The highest BCUT2D eigenvalue weighted by Crippen LogP contribution is 2.65. The van der Waals surface area contributed by atoms with Gasteiger partial charge in [0.2, 0.25) is 0 Å². The quantitative estimate of drug-likeness (QED) is 0.865. The molecule has 2 bridgehead atoms. The number of thioether (sulfide) groups is 1. The van der Waals surface area contributed by atoms with Crippen LogP contribution in [-0.4, -0.2) is 11.3 Å². The average molecular weight is 303 g/mol. The van der Waals surface area contributed by atoms with Gasteiger partial charge in [0.25, 0.3) is 5.24 Å². The molecule has 3 heteroatoms. The van der Waals surface area contributed by atoms with Crippen molar-refractivity contribution in [3.63, 3.8) is 0 Å². The Labute approximate surface area is 132 Å². The van der Waals surface area contributed by atoms with Crippen molar-refractivity contribution in [2.75, 3.05) is 0 Å². The highest BCUT2D eigenvalue weighted by molar-refractivity contribution is 8.12. The molecule has 0 spiro atoms. The van der Waals surface area contributed by atoms with Crippen LogP contribution in [0.4, 0.5) is 4.79 Å². The normalized spacial score (nSPS) is 33.1. The first-order valence-electron chi connectivity index (χ1n) is 7.91. The van der Waals surface area contributed by atoms with Crippen molar-refractivity contribution in [2.24, 2.45) is 16.7 Å². The van der Waals surface area contributed by atoms with Crippen molar-refractivity contribution < 1.29 is 4.79 Å². The van der Waals surface area contributed by atoms with E-state index in [1.807, 2.05) is 18.2 Å². The van der Waals surface area contributed by atoms with Gasteiger partial charge in [-0.1, -0.05) is 62.9 Å². The first kappa shape index (κ1) is 15.0. The second-order valence-corrected chi connectivity index (χ2v) is 8.32. The van der Waals surface area contributed by atoms with E-state index in [1.165, 1.54) is 30.2 Å². The van der Waals surface area contributed by atoms with E-state index in [2.05, 4.69) is 38.2 Å². The molecule has 2 saturated carbocycles. The maximum atomic E-state index is 12.3. The van der Waals surface area contributed by atoms with Crippen LogP contribution in [0.1, 0.15) is 45.6 Å². The summed E-state index contributed by atoms with van der Waals surface area (Å²) in [5.41, 5.74) is 1.83. The molecule has 21 heavy (non-hydrogen) atoms. The van der Waals surface area contributed by atoms with Gasteiger partial charge >= 0.3 is 0 Å². The zero-order valence-electron chi connectivity index (χ0n) is 13.2. The summed E-state index contributed by atoms with van der Waals surface area (Å²) in [6.07, 6.45) is 3.73. The predicted molar refractivity (Wildman–Crippen MR) is 89.3 cm³/mol. The number of fused-ring (bicyclic) bond motifs is 2. The second kappa shape index (κ2) is 5.35. The lowest BCUT2D eigenvalue weighted by Crippen LogP contribution is -2.45. The van der Waals surface area contributed by atoms with Gasteiger partial charge in [-0.15, -0.1) is 0 Å². The summed E-state index contributed by atoms with van der Waals surface area (Å²) in [7, 11) is 0. The Kier molecular flexibility index (Phi) is 3.81. The van der Waals surface area contributed by atoms with E-state index in [1.54, 1.807) is 0 Å². The van der Waals surface area contributed by atoms with Crippen LogP contribution in [0.2, 0.25) is 0 Å². The molecule has 3 unspecified atom stereocenters. The minimum absolute atomic E-state index is 0.133. The highest BCUT2D eigenvalue weighted by atomic mass is 32.2. The first-order chi connectivity index (χ1) is 9.93. The van der Waals surface area contributed by atoms with Crippen LogP contribution in [0.5, 0.6) is 0 Å². The maximum absolute atomic E-state index is 12.3. The van der Waals surface area contributed by atoms with E-state index in [0.717, 1.165) is 18.1 Å². The number of hydrogen-bond acceptors (Lipinski definition) is 2. The van der Waals surface area contributed by atoms with E-state index in [0.29, 0.717) is 11.5 Å². The van der Waals surface area contributed by atoms with E-state index in [4.69, 9.17) is 0 Å². The number of nitrogens with one attached hydrogen (secondary N) is 1. The minimum atomic E-state index is 0.133. The van der Waals surface area contributed by atoms with Gasteiger partial charge in [-0.3, -0.25) is 4.79 Å². The van der Waals surface area contributed by atoms with E-state index >= 15 is 0 Å². The van der Waals surface area contributed by atoms with Crippen LogP contribution in [0, 0.1) is 16.7 Å². The summed E-state index contributed by atoms with van der Waals surface area (Å²) < 4.78 is 0. The number of carbonyl (C=O) groups is 1. The van der Waals surface area contributed by atoms with Crippen LogP contribution in [0.15, 0.2) is 30.3 Å². The van der Waals surface area contributed by atoms with Crippen LogP contribution < -0.4 is 5.32 Å². The Balaban J connectivity index is 1.57. The molecule has 2 aliphatic rings. The van der Waals surface area contributed by atoms with E-state index in [9.17, 15) is 4.79 Å². The molecule has 2 aliphatic carbocycles. The van der Waals surface area contributed by atoms with Crippen molar-refractivity contribution in [1.29, 1.82) is 0 Å². The molecule has 0 radical (unpaired) electrons. The Morgan fingerprint density at radius 1 is 1.29 bits per heavy atom. The molecule has 2 nitrogen and oxygen atoms in total. The van der Waals surface area contributed by atoms with Gasteiger partial charge < -0.3 is 5.32 Å². The molecule has 2 fully saturated rings. The largest absolute Gasteiger partial charge is 0.344 e. The molecular formula is C18H25NOS. The summed E-state index contributed by atoms with van der Waals surface area (Å²) in [6.45, 7) is 7.13. The third-order valence-electron chi connectivity index (χ3n) is 6.30. The Hall–Kier alpha value is -0.960. The lowest BCUT2D eigenvalue weighted by Gasteiger charge is -2.39. The van der Waals surface area contributed by atoms with Gasteiger partial charge in [-0.05, 0) is 41.6 Å².